The first-order valence-electron chi connectivity index (χ1n) is 5.72. The van der Waals surface area contributed by atoms with Crippen molar-refractivity contribution in [3.05, 3.63) is 59.4 Å². The van der Waals surface area contributed by atoms with Crippen molar-refractivity contribution in [2.45, 2.75) is 17.6 Å². The quantitative estimate of drug-likeness (QED) is 0.879. The highest BCUT2D eigenvalue weighted by atomic mass is 32.2. The standard InChI is InChI=1S/C14H14FNO2S/c1-10-5-7-12(8-6-10)19(17,18)9-11-3-2-4-13(16)14(11)15/h2-8H,9,16H2,1H3. The molecular weight excluding hydrogens is 265 g/mol. The van der Waals surface area contributed by atoms with Crippen LogP contribution in [0.5, 0.6) is 0 Å². The van der Waals surface area contributed by atoms with Crippen LogP contribution in [0.4, 0.5) is 10.1 Å². The number of hydrogen-bond donors (Lipinski definition) is 1. The van der Waals surface area contributed by atoms with Gasteiger partial charge in [-0.2, -0.15) is 0 Å². The van der Waals surface area contributed by atoms with Crippen LogP contribution >= 0.6 is 0 Å². The molecule has 0 amide bonds. The Morgan fingerprint density at radius 3 is 2.37 bits per heavy atom. The molecule has 0 aliphatic carbocycles. The van der Waals surface area contributed by atoms with Gasteiger partial charge in [-0.25, -0.2) is 12.8 Å². The number of aryl methyl sites for hydroxylation is 1. The third-order valence-electron chi connectivity index (χ3n) is 2.83. The number of anilines is 1. The molecule has 2 rings (SSSR count). The minimum Gasteiger partial charge on any atom is -0.396 e. The lowest BCUT2D eigenvalue weighted by atomic mass is 10.2. The Labute approximate surface area is 111 Å². The molecule has 0 heterocycles. The maximum atomic E-state index is 13.7. The van der Waals surface area contributed by atoms with Crippen LogP contribution in [0.2, 0.25) is 0 Å². The zero-order chi connectivity index (χ0) is 14.0. The Balaban J connectivity index is 2.36. The SMILES string of the molecule is Cc1ccc(S(=O)(=O)Cc2cccc(N)c2F)cc1. The van der Waals surface area contributed by atoms with Crippen molar-refractivity contribution in [1.82, 2.24) is 0 Å². The van der Waals surface area contributed by atoms with E-state index in [0.29, 0.717) is 0 Å². The first kappa shape index (κ1) is 13.5. The second-order valence-corrected chi connectivity index (χ2v) is 6.38. The molecule has 19 heavy (non-hydrogen) atoms. The average Bonchev–Trinajstić information content (AvgIpc) is 2.35. The molecule has 0 unspecified atom stereocenters. The van der Waals surface area contributed by atoms with Crippen LogP contribution in [0.1, 0.15) is 11.1 Å². The number of halogens is 1. The number of rotatable bonds is 3. The van der Waals surface area contributed by atoms with E-state index in [1.807, 2.05) is 6.92 Å². The van der Waals surface area contributed by atoms with Gasteiger partial charge in [-0.15, -0.1) is 0 Å². The molecule has 5 heteroatoms. The van der Waals surface area contributed by atoms with Gasteiger partial charge in [0, 0.05) is 5.56 Å². The molecule has 0 atom stereocenters. The molecule has 2 aromatic rings. The van der Waals surface area contributed by atoms with E-state index in [2.05, 4.69) is 0 Å². The van der Waals surface area contributed by atoms with Crippen LogP contribution in [0.3, 0.4) is 0 Å². The molecule has 0 radical (unpaired) electrons. The Hall–Kier alpha value is -1.88. The van der Waals surface area contributed by atoms with Crippen molar-refractivity contribution in [3.8, 4) is 0 Å². The highest BCUT2D eigenvalue weighted by molar-refractivity contribution is 7.90. The summed E-state index contributed by atoms with van der Waals surface area (Å²) in [5.41, 5.74) is 6.43. The van der Waals surface area contributed by atoms with Gasteiger partial charge < -0.3 is 5.73 Å². The fourth-order valence-electron chi connectivity index (χ4n) is 1.74. The molecule has 0 saturated heterocycles. The summed E-state index contributed by atoms with van der Waals surface area (Å²) in [6.45, 7) is 1.87. The monoisotopic (exact) mass is 279 g/mol. The van der Waals surface area contributed by atoms with Crippen molar-refractivity contribution in [2.24, 2.45) is 0 Å². The zero-order valence-electron chi connectivity index (χ0n) is 10.4. The topological polar surface area (TPSA) is 60.2 Å². The van der Waals surface area contributed by atoms with E-state index in [9.17, 15) is 12.8 Å². The second-order valence-electron chi connectivity index (χ2n) is 4.39. The third-order valence-corrected chi connectivity index (χ3v) is 4.52. The number of benzene rings is 2. The van der Waals surface area contributed by atoms with E-state index in [-0.39, 0.29) is 16.1 Å². The molecule has 2 N–H and O–H groups in total. The highest BCUT2D eigenvalue weighted by Crippen LogP contribution is 2.21. The Morgan fingerprint density at radius 2 is 1.74 bits per heavy atom. The Bertz CT molecular complexity index is 694. The maximum absolute atomic E-state index is 13.7. The molecule has 0 bridgehead atoms. The van der Waals surface area contributed by atoms with Crippen LogP contribution in [0.25, 0.3) is 0 Å². The molecule has 0 aliphatic rings. The number of sulfone groups is 1. The summed E-state index contributed by atoms with van der Waals surface area (Å²) >= 11 is 0. The minimum absolute atomic E-state index is 0.0448. The molecular formula is C14H14FNO2S. The van der Waals surface area contributed by atoms with Gasteiger partial charge in [-0.3, -0.25) is 0 Å². The van der Waals surface area contributed by atoms with Gasteiger partial charge in [0.1, 0.15) is 5.82 Å². The summed E-state index contributed by atoms with van der Waals surface area (Å²) in [6, 6.07) is 10.8. The van der Waals surface area contributed by atoms with Crippen molar-refractivity contribution in [3.63, 3.8) is 0 Å². The smallest absolute Gasteiger partial charge is 0.182 e. The minimum atomic E-state index is -3.56. The molecule has 0 aromatic heterocycles. The Kier molecular flexibility index (Phi) is 3.57. The molecule has 0 fully saturated rings. The van der Waals surface area contributed by atoms with Crippen molar-refractivity contribution in [2.75, 3.05) is 5.73 Å². The zero-order valence-corrected chi connectivity index (χ0v) is 11.2. The van der Waals surface area contributed by atoms with Gasteiger partial charge in [0.15, 0.2) is 9.84 Å². The molecule has 0 aliphatic heterocycles. The van der Waals surface area contributed by atoms with Crippen LogP contribution in [-0.2, 0) is 15.6 Å². The molecule has 100 valence electrons. The summed E-state index contributed by atoms with van der Waals surface area (Å²) in [4.78, 5) is 0.180. The number of nitrogen functional groups attached to an aromatic ring is 1. The first-order valence-corrected chi connectivity index (χ1v) is 7.37. The fourth-order valence-corrected chi connectivity index (χ4v) is 3.09. The van der Waals surface area contributed by atoms with E-state index < -0.39 is 21.4 Å². The lowest BCUT2D eigenvalue weighted by molar-refractivity contribution is 0.588. The largest absolute Gasteiger partial charge is 0.396 e. The molecule has 3 nitrogen and oxygen atoms in total. The highest BCUT2D eigenvalue weighted by Gasteiger charge is 2.18. The molecule has 2 aromatic carbocycles. The summed E-state index contributed by atoms with van der Waals surface area (Å²) in [7, 11) is -3.56. The van der Waals surface area contributed by atoms with E-state index in [1.165, 1.54) is 24.3 Å². The van der Waals surface area contributed by atoms with Gasteiger partial charge >= 0.3 is 0 Å². The summed E-state index contributed by atoms with van der Waals surface area (Å²) in [5.74, 6) is -1.06. The van der Waals surface area contributed by atoms with Gasteiger partial charge in [0.05, 0.1) is 16.3 Å². The summed E-state index contributed by atoms with van der Waals surface area (Å²) in [5, 5.41) is 0. The van der Waals surface area contributed by atoms with E-state index in [1.54, 1.807) is 18.2 Å². The average molecular weight is 279 g/mol. The van der Waals surface area contributed by atoms with Crippen LogP contribution < -0.4 is 5.73 Å². The summed E-state index contributed by atoms with van der Waals surface area (Å²) in [6.07, 6.45) is 0. The predicted molar refractivity (Wildman–Crippen MR) is 72.9 cm³/mol. The van der Waals surface area contributed by atoms with E-state index >= 15 is 0 Å². The molecule has 0 saturated carbocycles. The van der Waals surface area contributed by atoms with Crippen molar-refractivity contribution in [1.29, 1.82) is 0 Å². The first-order chi connectivity index (χ1) is 8.90. The normalized spacial score (nSPS) is 11.5. The maximum Gasteiger partial charge on any atom is 0.182 e. The van der Waals surface area contributed by atoms with Crippen molar-refractivity contribution < 1.29 is 12.8 Å². The third kappa shape index (κ3) is 2.93. The van der Waals surface area contributed by atoms with Crippen LogP contribution in [0, 0.1) is 12.7 Å². The fraction of sp³-hybridized carbons (Fsp3) is 0.143. The number of nitrogens with two attached hydrogens (primary N) is 1. The van der Waals surface area contributed by atoms with E-state index in [4.69, 9.17) is 5.73 Å². The van der Waals surface area contributed by atoms with Crippen molar-refractivity contribution >= 4 is 15.5 Å². The lowest BCUT2D eigenvalue weighted by Gasteiger charge is -2.07. The second kappa shape index (κ2) is 5.01. The van der Waals surface area contributed by atoms with Crippen LogP contribution in [-0.4, -0.2) is 8.42 Å². The lowest BCUT2D eigenvalue weighted by Crippen LogP contribution is -2.07. The van der Waals surface area contributed by atoms with Gasteiger partial charge in [-0.1, -0.05) is 29.8 Å². The van der Waals surface area contributed by atoms with Gasteiger partial charge in [0.25, 0.3) is 0 Å². The number of hydrogen-bond acceptors (Lipinski definition) is 3. The van der Waals surface area contributed by atoms with Gasteiger partial charge in [-0.05, 0) is 25.1 Å². The van der Waals surface area contributed by atoms with Crippen LogP contribution in [0.15, 0.2) is 47.4 Å². The molecule has 0 spiro atoms. The summed E-state index contributed by atoms with van der Waals surface area (Å²) < 4.78 is 38.1. The van der Waals surface area contributed by atoms with E-state index in [0.717, 1.165) is 5.56 Å². The predicted octanol–water partition coefficient (Wildman–Crippen LogP) is 2.69. The Morgan fingerprint density at radius 1 is 1.11 bits per heavy atom. The van der Waals surface area contributed by atoms with Gasteiger partial charge in [0.2, 0.25) is 0 Å².